The number of phenolic OH excluding ortho intramolecular Hbond substituents is 2. The highest BCUT2D eigenvalue weighted by atomic mass is 32.1. The number of hydrogen-bond donors (Lipinski definition) is 2. The molecule has 2 N–H and O–H groups in total. The molecule has 2 aromatic heterocycles. The first kappa shape index (κ1) is 14.3. The molecule has 1 aromatic carbocycles. The summed E-state index contributed by atoms with van der Waals surface area (Å²) in [6, 6.07) is 4.14. The molecule has 0 saturated carbocycles. The maximum Gasteiger partial charge on any atom is 0.282 e. The molecule has 3 rings (SSSR count). The van der Waals surface area contributed by atoms with E-state index < -0.39 is 0 Å². The number of hydrogen-bond acceptors (Lipinski definition) is 6. The molecule has 0 fully saturated rings. The third-order valence-corrected chi connectivity index (χ3v) is 4.52. The van der Waals surface area contributed by atoms with Crippen LogP contribution in [0.1, 0.15) is 16.0 Å². The summed E-state index contributed by atoms with van der Waals surface area (Å²) in [5.74, 6) is -0.160. The first-order valence-electron chi connectivity index (χ1n) is 6.51. The molecule has 0 saturated heterocycles. The fourth-order valence-electron chi connectivity index (χ4n) is 2.07. The molecule has 0 atom stereocenters. The molecule has 6 nitrogen and oxygen atoms in total. The smallest absolute Gasteiger partial charge is 0.282 e. The Morgan fingerprint density at radius 1 is 1.32 bits per heavy atom. The summed E-state index contributed by atoms with van der Waals surface area (Å²) in [6.07, 6.45) is 2.70. The van der Waals surface area contributed by atoms with E-state index in [4.69, 9.17) is 0 Å². The molecule has 0 spiro atoms. The van der Waals surface area contributed by atoms with E-state index in [9.17, 15) is 15.0 Å². The largest absolute Gasteiger partial charge is 0.508 e. The van der Waals surface area contributed by atoms with Gasteiger partial charge in [0, 0.05) is 16.5 Å². The van der Waals surface area contributed by atoms with Crippen molar-refractivity contribution < 1.29 is 10.2 Å². The Kier molecular flexibility index (Phi) is 3.42. The van der Waals surface area contributed by atoms with Crippen molar-refractivity contribution in [2.45, 2.75) is 13.8 Å². The molecule has 0 aliphatic heterocycles. The molecule has 22 heavy (non-hydrogen) atoms. The molecular weight excluding hydrogens is 302 g/mol. The minimum Gasteiger partial charge on any atom is -0.508 e. The maximum absolute atomic E-state index is 12.4. The van der Waals surface area contributed by atoms with Crippen molar-refractivity contribution in [1.29, 1.82) is 0 Å². The zero-order valence-corrected chi connectivity index (χ0v) is 12.8. The fourth-order valence-corrected chi connectivity index (χ4v) is 3.06. The van der Waals surface area contributed by atoms with Crippen molar-refractivity contribution in [3.8, 4) is 11.5 Å². The lowest BCUT2D eigenvalue weighted by Crippen LogP contribution is -2.16. The van der Waals surface area contributed by atoms with Crippen LogP contribution in [0.2, 0.25) is 0 Å². The molecule has 3 aromatic rings. The highest BCUT2D eigenvalue weighted by Gasteiger charge is 2.11. The number of aromatic hydroxyl groups is 2. The van der Waals surface area contributed by atoms with Gasteiger partial charge in [-0.05, 0) is 31.5 Å². The van der Waals surface area contributed by atoms with E-state index in [1.807, 2.05) is 13.8 Å². The van der Waals surface area contributed by atoms with E-state index in [-0.39, 0.29) is 17.1 Å². The first-order valence-corrected chi connectivity index (χ1v) is 7.32. The summed E-state index contributed by atoms with van der Waals surface area (Å²) < 4.78 is 1.13. The van der Waals surface area contributed by atoms with Crippen LogP contribution in [-0.4, -0.2) is 26.1 Å². The summed E-state index contributed by atoms with van der Waals surface area (Å²) in [4.78, 5) is 18.4. The van der Waals surface area contributed by atoms with E-state index in [1.165, 1.54) is 42.1 Å². The Hall–Kier alpha value is -2.67. The van der Waals surface area contributed by atoms with E-state index in [1.54, 1.807) is 0 Å². The van der Waals surface area contributed by atoms with Gasteiger partial charge < -0.3 is 10.2 Å². The van der Waals surface area contributed by atoms with Crippen molar-refractivity contribution >= 4 is 27.8 Å². The number of fused-ring (bicyclic) bond motifs is 1. The van der Waals surface area contributed by atoms with E-state index in [2.05, 4.69) is 10.1 Å². The first-order chi connectivity index (χ1) is 10.5. The maximum atomic E-state index is 12.4. The molecule has 7 heteroatoms. The van der Waals surface area contributed by atoms with Gasteiger partial charge in [0.2, 0.25) is 0 Å². The predicted molar refractivity (Wildman–Crippen MR) is 86.1 cm³/mol. The SMILES string of the molecule is Cc1sc2ncn(/N=C/c3ccc(O)cc3O)c(=O)c2c1C. The van der Waals surface area contributed by atoms with Gasteiger partial charge in [0.15, 0.2) is 0 Å². The van der Waals surface area contributed by atoms with Crippen LogP contribution in [0.3, 0.4) is 0 Å². The molecule has 0 unspecified atom stereocenters. The van der Waals surface area contributed by atoms with Crippen LogP contribution in [0.4, 0.5) is 0 Å². The predicted octanol–water partition coefficient (Wildman–Crippen LogP) is 2.37. The summed E-state index contributed by atoms with van der Waals surface area (Å²) in [7, 11) is 0. The third kappa shape index (κ3) is 2.35. The Morgan fingerprint density at radius 2 is 2.09 bits per heavy atom. The minimum atomic E-state index is -0.249. The molecule has 0 aliphatic rings. The van der Waals surface area contributed by atoms with Gasteiger partial charge in [-0.2, -0.15) is 9.78 Å². The zero-order chi connectivity index (χ0) is 15.9. The lowest BCUT2D eigenvalue weighted by Gasteiger charge is -2.00. The lowest BCUT2D eigenvalue weighted by molar-refractivity contribution is 0.450. The van der Waals surface area contributed by atoms with E-state index in [0.29, 0.717) is 15.8 Å². The monoisotopic (exact) mass is 315 g/mol. The average molecular weight is 315 g/mol. The van der Waals surface area contributed by atoms with Gasteiger partial charge in [0.1, 0.15) is 22.7 Å². The van der Waals surface area contributed by atoms with E-state index >= 15 is 0 Å². The van der Waals surface area contributed by atoms with Crippen LogP contribution in [0, 0.1) is 13.8 Å². The Labute approximate surface area is 129 Å². The number of aromatic nitrogens is 2. The van der Waals surface area contributed by atoms with Crippen LogP contribution < -0.4 is 5.56 Å². The van der Waals surface area contributed by atoms with Crippen molar-refractivity contribution in [3.05, 3.63) is 50.9 Å². The van der Waals surface area contributed by atoms with Gasteiger partial charge in [-0.15, -0.1) is 11.3 Å². The molecular formula is C15H13N3O3S. The lowest BCUT2D eigenvalue weighted by atomic mass is 10.2. The molecule has 112 valence electrons. The second-order valence-corrected chi connectivity index (χ2v) is 6.05. The van der Waals surface area contributed by atoms with E-state index in [0.717, 1.165) is 15.1 Å². The van der Waals surface area contributed by atoms with Crippen molar-refractivity contribution in [1.82, 2.24) is 9.66 Å². The summed E-state index contributed by atoms with van der Waals surface area (Å²) >= 11 is 1.48. The number of nitrogens with zero attached hydrogens (tertiary/aromatic N) is 3. The minimum absolute atomic E-state index is 0.0423. The highest BCUT2D eigenvalue weighted by molar-refractivity contribution is 7.18. The van der Waals surface area contributed by atoms with Crippen LogP contribution in [0.15, 0.2) is 34.4 Å². The number of thiophene rings is 1. The summed E-state index contributed by atoms with van der Waals surface area (Å²) in [5, 5.41) is 23.6. The quantitative estimate of drug-likeness (QED) is 0.711. The van der Waals surface area contributed by atoms with Crippen LogP contribution in [0.5, 0.6) is 11.5 Å². The van der Waals surface area contributed by atoms with Crippen molar-refractivity contribution in [2.75, 3.05) is 0 Å². The van der Waals surface area contributed by atoms with Crippen LogP contribution >= 0.6 is 11.3 Å². The fraction of sp³-hybridized carbons (Fsp3) is 0.133. The molecule has 0 aliphatic carbocycles. The second kappa shape index (κ2) is 5.27. The van der Waals surface area contributed by atoms with Crippen molar-refractivity contribution in [2.24, 2.45) is 5.10 Å². The molecule has 0 amide bonds. The summed E-state index contributed by atoms with van der Waals surface area (Å²) in [5.41, 5.74) is 1.05. The van der Waals surface area contributed by atoms with Gasteiger partial charge in [-0.3, -0.25) is 4.79 Å². The summed E-state index contributed by atoms with van der Waals surface area (Å²) in [6.45, 7) is 3.83. The topological polar surface area (TPSA) is 87.7 Å². The van der Waals surface area contributed by atoms with Gasteiger partial charge >= 0.3 is 0 Å². The molecule has 0 bridgehead atoms. The highest BCUT2D eigenvalue weighted by Crippen LogP contribution is 2.25. The molecule has 0 radical (unpaired) electrons. The number of rotatable bonds is 2. The van der Waals surface area contributed by atoms with Gasteiger partial charge in [-0.1, -0.05) is 0 Å². The standard InChI is InChI=1S/C15H13N3O3S/c1-8-9(2)22-14-13(8)15(21)18(7-16-14)17-6-10-3-4-11(19)5-12(10)20/h3-7,19-20H,1-2H3/b17-6+. The number of benzene rings is 1. The average Bonchev–Trinajstić information content (AvgIpc) is 2.76. The van der Waals surface area contributed by atoms with Gasteiger partial charge in [0.05, 0.1) is 11.6 Å². The van der Waals surface area contributed by atoms with Crippen LogP contribution in [0.25, 0.3) is 10.2 Å². The van der Waals surface area contributed by atoms with Gasteiger partial charge in [0.25, 0.3) is 5.56 Å². The number of phenols is 2. The Bertz CT molecular complexity index is 957. The van der Waals surface area contributed by atoms with Crippen molar-refractivity contribution in [3.63, 3.8) is 0 Å². The third-order valence-electron chi connectivity index (χ3n) is 3.41. The van der Waals surface area contributed by atoms with Crippen LogP contribution in [-0.2, 0) is 0 Å². The second-order valence-electron chi connectivity index (χ2n) is 4.85. The Balaban J connectivity index is 2.07. The van der Waals surface area contributed by atoms with Gasteiger partial charge in [-0.25, -0.2) is 4.98 Å². The number of aryl methyl sites for hydroxylation is 2. The normalized spacial score (nSPS) is 11.5. The zero-order valence-electron chi connectivity index (χ0n) is 11.9. The Morgan fingerprint density at radius 3 is 2.82 bits per heavy atom. The molecule has 2 heterocycles.